The molecule has 9 heteroatoms. The molecule has 0 bridgehead atoms. The van der Waals surface area contributed by atoms with E-state index >= 15 is 0 Å². The number of halogens is 2. The smallest absolute Gasteiger partial charge is 0.280 e. The number of carbonyl (C=O) groups excluding carboxylic acids is 1. The van der Waals surface area contributed by atoms with Gasteiger partial charge in [0.15, 0.2) is 0 Å². The summed E-state index contributed by atoms with van der Waals surface area (Å²) in [5, 5.41) is 2.74. The van der Waals surface area contributed by atoms with Gasteiger partial charge < -0.3 is 19.2 Å². The Hall–Kier alpha value is -3.85. The first kappa shape index (κ1) is 23.9. The van der Waals surface area contributed by atoms with Crippen LogP contribution in [0.3, 0.4) is 0 Å². The fraction of sp³-hybridized carbons (Fsp3) is 0.296. The number of nitrogens with zero attached hydrogens (tertiary/aromatic N) is 3. The summed E-state index contributed by atoms with van der Waals surface area (Å²) >= 11 is 0. The highest BCUT2D eigenvalue weighted by molar-refractivity contribution is 6.03. The van der Waals surface area contributed by atoms with Crippen LogP contribution in [0.2, 0.25) is 0 Å². The van der Waals surface area contributed by atoms with Gasteiger partial charge in [-0.2, -0.15) is 0 Å². The second kappa shape index (κ2) is 10.4. The summed E-state index contributed by atoms with van der Waals surface area (Å²) < 4.78 is 39.5. The maximum absolute atomic E-state index is 13.0. The third-order valence-electron chi connectivity index (χ3n) is 6.19. The van der Waals surface area contributed by atoms with Crippen molar-refractivity contribution in [3.63, 3.8) is 0 Å². The average Bonchev–Trinajstić information content (AvgIpc) is 3.26. The van der Waals surface area contributed by atoms with Crippen LogP contribution in [0.5, 0.6) is 5.75 Å². The topological polar surface area (TPSA) is 77.8 Å². The van der Waals surface area contributed by atoms with E-state index in [9.17, 15) is 13.6 Å². The van der Waals surface area contributed by atoms with E-state index in [1.54, 1.807) is 12.3 Å². The number of pyridine rings is 2. The summed E-state index contributed by atoms with van der Waals surface area (Å²) in [7, 11) is 0. The van der Waals surface area contributed by atoms with Gasteiger partial charge in [-0.3, -0.25) is 4.79 Å². The normalized spacial score (nSPS) is 17.2. The first-order chi connectivity index (χ1) is 17.5. The molecule has 1 aliphatic carbocycles. The molecule has 0 spiro atoms. The number of rotatable bonds is 9. The van der Waals surface area contributed by atoms with Gasteiger partial charge in [0.25, 0.3) is 12.3 Å². The maximum Gasteiger partial charge on any atom is 0.280 e. The average molecular weight is 493 g/mol. The first-order valence-electron chi connectivity index (χ1n) is 11.9. The number of amides is 1. The van der Waals surface area contributed by atoms with E-state index in [1.165, 1.54) is 18.2 Å². The monoisotopic (exact) mass is 492 g/mol. The zero-order valence-corrected chi connectivity index (χ0v) is 19.7. The van der Waals surface area contributed by atoms with Crippen LogP contribution in [-0.2, 0) is 11.3 Å². The lowest BCUT2D eigenvalue weighted by Crippen LogP contribution is -2.29. The summed E-state index contributed by atoms with van der Waals surface area (Å²) in [6, 6.07) is 15.8. The fourth-order valence-electron chi connectivity index (χ4n) is 4.22. The molecule has 36 heavy (non-hydrogen) atoms. The Bertz CT molecular complexity index is 1350. The van der Waals surface area contributed by atoms with Crippen LogP contribution in [0.15, 0.2) is 67.0 Å². The van der Waals surface area contributed by atoms with Crippen molar-refractivity contribution in [3.8, 4) is 5.75 Å². The van der Waals surface area contributed by atoms with Gasteiger partial charge in [-0.1, -0.05) is 36.4 Å². The Morgan fingerprint density at radius 3 is 2.67 bits per heavy atom. The number of anilines is 1. The molecule has 0 radical (unpaired) electrons. The number of benzene rings is 1. The predicted molar refractivity (Wildman–Crippen MR) is 131 cm³/mol. The minimum absolute atomic E-state index is 0.0994. The summed E-state index contributed by atoms with van der Waals surface area (Å²) in [5.41, 5.74) is 2.65. The largest absolute Gasteiger partial charge is 0.491 e. The van der Waals surface area contributed by atoms with Crippen LogP contribution >= 0.6 is 0 Å². The molecule has 186 valence electrons. The molecule has 0 saturated heterocycles. The molecule has 0 atom stereocenters. The summed E-state index contributed by atoms with van der Waals surface area (Å²) in [6.07, 6.45) is 2.88. The molecular weight excluding hydrogens is 466 g/mol. The van der Waals surface area contributed by atoms with E-state index in [0.29, 0.717) is 36.2 Å². The standard InChI is InChI=1S/C27H26F2N4O3/c1-2-35-24-13-25-31-22(18-11-19(12-18)36-16-17-7-4-3-5-8-17)14-33(25)15-23(24)32-27(34)21-10-6-9-20(30-21)26(28)29/h3-10,13-15,18-19,26H,2,11-12,16H2,1H3,(H,32,34). The SMILES string of the molecule is CCOc1cc2nc(C3CC(OCc4ccccc4)C3)cn2cc1NC(=O)c1cccc(C(F)F)n1. The molecule has 3 aromatic heterocycles. The number of fused-ring (bicyclic) bond motifs is 1. The van der Waals surface area contributed by atoms with E-state index in [2.05, 4.69) is 22.4 Å². The van der Waals surface area contributed by atoms with Crippen LogP contribution in [0.25, 0.3) is 5.65 Å². The van der Waals surface area contributed by atoms with E-state index in [1.807, 2.05) is 35.7 Å². The third-order valence-corrected chi connectivity index (χ3v) is 6.19. The van der Waals surface area contributed by atoms with E-state index < -0.39 is 18.0 Å². The van der Waals surface area contributed by atoms with Crippen LogP contribution < -0.4 is 10.1 Å². The number of aromatic nitrogens is 3. The molecule has 1 aliphatic rings. The number of hydrogen-bond acceptors (Lipinski definition) is 5. The van der Waals surface area contributed by atoms with Crippen LogP contribution in [0.1, 0.15) is 59.5 Å². The fourth-order valence-corrected chi connectivity index (χ4v) is 4.22. The molecule has 1 fully saturated rings. The lowest BCUT2D eigenvalue weighted by molar-refractivity contribution is -0.0213. The lowest BCUT2D eigenvalue weighted by Gasteiger charge is -2.34. The summed E-state index contributed by atoms with van der Waals surface area (Å²) in [6.45, 7) is 2.82. The van der Waals surface area contributed by atoms with Gasteiger partial charge in [0.05, 0.1) is 25.0 Å². The van der Waals surface area contributed by atoms with Crippen LogP contribution in [0, 0.1) is 0 Å². The number of carbonyl (C=O) groups is 1. The molecule has 1 aromatic carbocycles. The molecule has 3 heterocycles. The van der Waals surface area contributed by atoms with Crippen LogP contribution in [0.4, 0.5) is 14.5 Å². The second-order valence-corrected chi connectivity index (χ2v) is 8.71. The Labute approximate surface area is 207 Å². The summed E-state index contributed by atoms with van der Waals surface area (Å²) in [5.74, 6) is 0.134. The number of hydrogen-bond donors (Lipinski definition) is 1. The van der Waals surface area contributed by atoms with Gasteiger partial charge in [-0.15, -0.1) is 0 Å². The van der Waals surface area contributed by atoms with Crippen molar-refractivity contribution in [2.45, 2.75) is 44.8 Å². The maximum atomic E-state index is 13.0. The zero-order valence-electron chi connectivity index (χ0n) is 19.7. The number of imidazole rings is 1. The molecule has 1 amide bonds. The Morgan fingerprint density at radius 1 is 1.11 bits per heavy atom. The highest BCUT2D eigenvalue weighted by Gasteiger charge is 2.33. The second-order valence-electron chi connectivity index (χ2n) is 8.71. The van der Waals surface area contributed by atoms with Crippen molar-refractivity contribution in [1.29, 1.82) is 0 Å². The van der Waals surface area contributed by atoms with Gasteiger partial charge in [0.2, 0.25) is 0 Å². The lowest BCUT2D eigenvalue weighted by atomic mass is 9.80. The number of ether oxygens (including phenoxy) is 2. The van der Waals surface area contributed by atoms with E-state index in [-0.39, 0.29) is 11.8 Å². The zero-order chi connectivity index (χ0) is 25.1. The highest BCUT2D eigenvalue weighted by atomic mass is 19.3. The van der Waals surface area contributed by atoms with Crippen LogP contribution in [-0.4, -0.2) is 33.0 Å². The molecule has 0 unspecified atom stereocenters. The van der Waals surface area contributed by atoms with Crippen molar-refractivity contribution >= 4 is 17.2 Å². The first-order valence-corrected chi connectivity index (χ1v) is 11.9. The minimum Gasteiger partial charge on any atom is -0.491 e. The van der Waals surface area contributed by atoms with Crippen molar-refractivity contribution < 1.29 is 23.0 Å². The Morgan fingerprint density at radius 2 is 1.92 bits per heavy atom. The Kier molecular flexibility index (Phi) is 6.90. The predicted octanol–water partition coefficient (Wildman–Crippen LogP) is 5.78. The van der Waals surface area contributed by atoms with Gasteiger partial charge >= 0.3 is 0 Å². The Balaban J connectivity index is 1.29. The van der Waals surface area contributed by atoms with Crippen molar-refractivity contribution in [3.05, 3.63) is 89.6 Å². The molecule has 1 N–H and O–H groups in total. The van der Waals surface area contributed by atoms with Crippen molar-refractivity contribution in [1.82, 2.24) is 14.4 Å². The molecule has 4 aromatic rings. The molecule has 7 nitrogen and oxygen atoms in total. The number of alkyl halides is 2. The van der Waals surface area contributed by atoms with Gasteiger partial charge in [-0.05, 0) is 37.5 Å². The van der Waals surface area contributed by atoms with Gasteiger partial charge in [0.1, 0.15) is 28.5 Å². The van der Waals surface area contributed by atoms with Crippen molar-refractivity contribution in [2.24, 2.45) is 0 Å². The third kappa shape index (κ3) is 5.21. The van der Waals surface area contributed by atoms with E-state index in [4.69, 9.17) is 14.5 Å². The number of nitrogens with one attached hydrogen (secondary N) is 1. The van der Waals surface area contributed by atoms with E-state index in [0.717, 1.165) is 24.1 Å². The molecule has 1 saturated carbocycles. The van der Waals surface area contributed by atoms with Gasteiger partial charge in [-0.25, -0.2) is 18.7 Å². The van der Waals surface area contributed by atoms with Gasteiger partial charge in [0, 0.05) is 24.4 Å². The quantitative estimate of drug-likeness (QED) is 0.320. The highest BCUT2D eigenvalue weighted by Crippen LogP contribution is 2.39. The molecular formula is C27H26F2N4O3. The molecule has 5 rings (SSSR count). The minimum atomic E-state index is -2.76. The molecule has 0 aliphatic heterocycles. The van der Waals surface area contributed by atoms with Crippen molar-refractivity contribution in [2.75, 3.05) is 11.9 Å². The summed E-state index contributed by atoms with van der Waals surface area (Å²) in [4.78, 5) is 21.3.